The van der Waals surface area contributed by atoms with Gasteiger partial charge in [0.1, 0.15) is 0 Å². The highest BCUT2D eigenvalue weighted by atomic mass is 32.2. The Hall–Kier alpha value is -2.02. The first-order valence-electron chi connectivity index (χ1n) is 6.61. The Balaban J connectivity index is 2.03. The van der Waals surface area contributed by atoms with E-state index in [1.807, 2.05) is 19.1 Å². The van der Waals surface area contributed by atoms with Gasteiger partial charge >= 0.3 is 11.7 Å². The lowest BCUT2D eigenvalue weighted by molar-refractivity contribution is 0.0600. The zero-order valence-electron chi connectivity index (χ0n) is 12.0. The van der Waals surface area contributed by atoms with Crippen LogP contribution in [0.2, 0.25) is 0 Å². The molecule has 0 bridgehead atoms. The summed E-state index contributed by atoms with van der Waals surface area (Å²) in [4.78, 5) is 22.9. The largest absolute Gasteiger partial charge is 0.465 e. The van der Waals surface area contributed by atoms with Crippen LogP contribution in [0.4, 0.5) is 0 Å². The van der Waals surface area contributed by atoms with Crippen molar-refractivity contribution in [1.29, 1.82) is 0 Å². The van der Waals surface area contributed by atoms with Gasteiger partial charge in [0, 0.05) is 12.3 Å². The van der Waals surface area contributed by atoms with E-state index in [4.69, 9.17) is 0 Å². The summed E-state index contributed by atoms with van der Waals surface area (Å²) in [6, 6.07) is 7.19. The number of aromatic amines is 1. The smallest absolute Gasteiger partial charge is 0.343 e. The number of nitrogens with zero attached hydrogens (tertiary/aromatic N) is 2. The molecular formula is C14H17N3O3S. The van der Waals surface area contributed by atoms with Crippen molar-refractivity contribution < 1.29 is 9.53 Å². The maximum Gasteiger partial charge on any atom is 0.343 e. The first-order valence-corrected chi connectivity index (χ1v) is 7.59. The minimum atomic E-state index is -0.349. The van der Waals surface area contributed by atoms with Crippen molar-refractivity contribution >= 4 is 17.7 Å². The van der Waals surface area contributed by atoms with E-state index in [2.05, 4.69) is 14.9 Å². The number of ether oxygens (including phenoxy) is 1. The molecule has 0 radical (unpaired) electrons. The van der Waals surface area contributed by atoms with Crippen LogP contribution in [-0.2, 0) is 17.0 Å². The third kappa shape index (κ3) is 3.75. The van der Waals surface area contributed by atoms with Crippen LogP contribution in [0, 0.1) is 0 Å². The first-order chi connectivity index (χ1) is 10.2. The normalized spacial score (nSPS) is 10.6. The summed E-state index contributed by atoms with van der Waals surface area (Å²) in [6.07, 6.45) is 0.876. The van der Waals surface area contributed by atoms with Crippen molar-refractivity contribution in [3.05, 3.63) is 45.9 Å². The summed E-state index contributed by atoms with van der Waals surface area (Å²) >= 11 is 1.49. The summed E-state index contributed by atoms with van der Waals surface area (Å²) in [7, 11) is 1.36. The number of thioether (sulfide) groups is 1. The Labute approximate surface area is 126 Å². The van der Waals surface area contributed by atoms with Crippen LogP contribution in [0.1, 0.15) is 29.3 Å². The van der Waals surface area contributed by atoms with Crippen LogP contribution in [0.15, 0.2) is 34.2 Å². The van der Waals surface area contributed by atoms with Crippen molar-refractivity contribution in [2.24, 2.45) is 0 Å². The van der Waals surface area contributed by atoms with E-state index in [1.165, 1.54) is 18.9 Å². The lowest BCUT2D eigenvalue weighted by Crippen LogP contribution is -2.17. The molecule has 0 aliphatic carbocycles. The van der Waals surface area contributed by atoms with Gasteiger partial charge in [0.25, 0.3) is 0 Å². The number of methoxy groups -OCH3 is 1. The Kier molecular flexibility index (Phi) is 5.21. The van der Waals surface area contributed by atoms with Crippen LogP contribution in [0.25, 0.3) is 0 Å². The van der Waals surface area contributed by atoms with Crippen LogP contribution in [0.5, 0.6) is 0 Å². The highest BCUT2D eigenvalue weighted by molar-refractivity contribution is 7.98. The summed E-state index contributed by atoms with van der Waals surface area (Å²) < 4.78 is 6.29. The number of aromatic nitrogens is 3. The highest BCUT2D eigenvalue weighted by Crippen LogP contribution is 2.20. The highest BCUT2D eigenvalue weighted by Gasteiger charge is 2.09. The number of benzene rings is 1. The zero-order valence-corrected chi connectivity index (χ0v) is 12.8. The van der Waals surface area contributed by atoms with Gasteiger partial charge in [0.05, 0.1) is 12.7 Å². The molecule has 0 atom stereocenters. The molecule has 2 rings (SSSR count). The maximum atomic E-state index is 11.6. The van der Waals surface area contributed by atoms with Crippen LogP contribution in [-0.4, -0.2) is 27.8 Å². The molecule has 112 valence electrons. The molecule has 0 aliphatic rings. The first kappa shape index (κ1) is 15.4. The number of H-pyrrole nitrogens is 1. The second-order valence-corrected chi connectivity index (χ2v) is 5.38. The molecule has 1 aromatic carbocycles. The van der Waals surface area contributed by atoms with Crippen molar-refractivity contribution in [3.8, 4) is 0 Å². The van der Waals surface area contributed by atoms with Crippen molar-refractivity contribution in [2.45, 2.75) is 30.8 Å². The van der Waals surface area contributed by atoms with Crippen LogP contribution >= 0.6 is 11.8 Å². The number of esters is 1. The molecule has 0 amide bonds. The van der Waals surface area contributed by atoms with Gasteiger partial charge in [-0.3, -0.25) is 4.57 Å². The minimum absolute atomic E-state index is 0.180. The number of hydrogen-bond acceptors (Lipinski definition) is 5. The number of carbonyl (C=O) groups is 1. The molecule has 2 aromatic rings. The molecule has 0 saturated carbocycles. The van der Waals surface area contributed by atoms with Gasteiger partial charge in [-0.1, -0.05) is 30.8 Å². The molecule has 7 heteroatoms. The van der Waals surface area contributed by atoms with Crippen molar-refractivity contribution in [1.82, 2.24) is 14.8 Å². The fourth-order valence-corrected chi connectivity index (χ4v) is 2.77. The SMILES string of the molecule is CCCn1c(SCc2ccc(C(=O)OC)cc2)n[nH]c1=O. The second kappa shape index (κ2) is 7.12. The zero-order chi connectivity index (χ0) is 15.2. The molecular weight excluding hydrogens is 290 g/mol. The van der Waals surface area contributed by atoms with E-state index in [0.29, 0.717) is 23.0 Å². The number of carbonyl (C=O) groups excluding carboxylic acids is 1. The Bertz CT molecular complexity index is 661. The topological polar surface area (TPSA) is 77.0 Å². The van der Waals surface area contributed by atoms with Crippen LogP contribution < -0.4 is 5.69 Å². The molecule has 21 heavy (non-hydrogen) atoms. The standard InChI is InChI=1S/C14H17N3O3S/c1-3-8-17-13(19)15-16-14(17)21-9-10-4-6-11(7-5-10)12(18)20-2/h4-7H,3,8-9H2,1-2H3,(H,15,19). The van der Waals surface area contributed by atoms with Crippen LogP contribution in [0.3, 0.4) is 0 Å². The Morgan fingerprint density at radius 3 is 2.71 bits per heavy atom. The molecule has 1 N–H and O–H groups in total. The van der Waals surface area contributed by atoms with E-state index in [0.717, 1.165) is 12.0 Å². The summed E-state index contributed by atoms with van der Waals surface area (Å²) in [5.41, 5.74) is 1.39. The average molecular weight is 307 g/mol. The molecule has 1 aromatic heterocycles. The Morgan fingerprint density at radius 1 is 1.38 bits per heavy atom. The lowest BCUT2D eigenvalue weighted by Gasteiger charge is -2.04. The fraction of sp³-hybridized carbons (Fsp3) is 0.357. The molecule has 0 spiro atoms. The molecule has 0 saturated heterocycles. The van der Waals surface area contributed by atoms with E-state index < -0.39 is 0 Å². The molecule has 6 nitrogen and oxygen atoms in total. The second-order valence-electron chi connectivity index (χ2n) is 4.44. The third-order valence-corrected chi connectivity index (χ3v) is 3.96. The van der Waals surface area contributed by atoms with E-state index in [1.54, 1.807) is 16.7 Å². The monoisotopic (exact) mass is 307 g/mol. The molecule has 0 fully saturated rings. The van der Waals surface area contributed by atoms with Crippen molar-refractivity contribution in [2.75, 3.05) is 7.11 Å². The van der Waals surface area contributed by atoms with E-state index in [9.17, 15) is 9.59 Å². The van der Waals surface area contributed by atoms with Gasteiger partial charge in [0.2, 0.25) is 0 Å². The summed E-state index contributed by atoms with van der Waals surface area (Å²) in [5, 5.41) is 7.17. The van der Waals surface area contributed by atoms with Gasteiger partial charge in [-0.25, -0.2) is 14.7 Å². The predicted molar refractivity (Wildman–Crippen MR) is 80.5 cm³/mol. The quantitative estimate of drug-likeness (QED) is 0.653. The number of hydrogen-bond donors (Lipinski definition) is 1. The predicted octanol–water partition coefficient (Wildman–Crippen LogP) is 2.06. The minimum Gasteiger partial charge on any atom is -0.465 e. The van der Waals surface area contributed by atoms with Gasteiger partial charge in [-0.15, -0.1) is 5.10 Å². The van der Waals surface area contributed by atoms with E-state index in [-0.39, 0.29) is 11.7 Å². The van der Waals surface area contributed by atoms with Gasteiger partial charge < -0.3 is 4.74 Å². The van der Waals surface area contributed by atoms with Gasteiger partial charge in [-0.2, -0.15) is 0 Å². The summed E-state index contributed by atoms with van der Waals surface area (Å²) in [5.74, 6) is 0.327. The fourth-order valence-electron chi connectivity index (χ4n) is 1.84. The number of nitrogens with one attached hydrogen (secondary N) is 1. The van der Waals surface area contributed by atoms with Gasteiger partial charge in [0.15, 0.2) is 5.16 Å². The number of rotatable bonds is 6. The van der Waals surface area contributed by atoms with Crippen molar-refractivity contribution in [3.63, 3.8) is 0 Å². The molecule has 0 unspecified atom stereocenters. The summed E-state index contributed by atoms with van der Waals surface area (Å²) in [6.45, 7) is 2.67. The average Bonchev–Trinajstić information content (AvgIpc) is 2.86. The van der Waals surface area contributed by atoms with Gasteiger partial charge in [-0.05, 0) is 24.1 Å². The third-order valence-electron chi connectivity index (χ3n) is 2.91. The molecule has 0 aliphatic heterocycles. The lowest BCUT2D eigenvalue weighted by atomic mass is 10.1. The molecule has 1 heterocycles. The van der Waals surface area contributed by atoms with E-state index >= 15 is 0 Å². The Morgan fingerprint density at radius 2 is 2.10 bits per heavy atom. The maximum absolute atomic E-state index is 11.6.